The van der Waals surface area contributed by atoms with Crippen LogP contribution in [-0.4, -0.2) is 60.0 Å². The molecule has 1 spiro atoms. The lowest BCUT2D eigenvalue weighted by Crippen LogP contribution is -2.73. The lowest BCUT2D eigenvalue weighted by atomic mass is 9.68. The largest absolute Gasteiger partial charge is 0.377 e. The van der Waals surface area contributed by atoms with Crippen LogP contribution in [0.15, 0.2) is 18.2 Å². The number of urea groups is 1. The number of nitro benzene ring substituents is 1. The number of carbonyl (C=O) groups is 3. The SMILES string of the molecule is CCCN1C(=O)NC(=O)C2(Cc3cc([N+](=O)[O-])ccc3N3CCOCC32)C1=O. The van der Waals surface area contributed by atoms with Crippen LogP contribution in [0.25, 0.3) is 0 Å². The van der Waals surface area contributed by atoms with Crippen molar-refractivity contribution >= 4 is 29.2 Å². The fourth-order valence-electron chi connectivity index (χ4n) is 4.41. The van der Waals surface area contributed by atoms with Gasteiger partial charge in [-0.3, -0.25) is 29.9 Å². The summed E-state index contributed by atoms with van der Waals surface area (Å²) in [6.07, 6.45) is 0.531. The van der Waals surface area contributed by atoms with Gasteiger partial charge in [0.2, 0.25) is 11.8 Å². The Morgan fingerprint density at radius 1 is 1.36 bits per heavy atom. The number of nitrogens with zero attached hydrogens (tertiary/aromatic N) is 3. The molecule has 2 fully saturated rings. The molecule has 0 saturated carbocycles. The first-order valence-corrected chi connectivity index (χ1v) is 9.19. The predicted octanol–water partition coefficient (Wildman–Crippen LogP) is 0.831. The number of barbiturate groups is 1. The Labute approximate surface area is 160 Å². The summed E-state index contributed by atoms with van der Waals surface area (Å²) in [6.45, 7) is 3.04. The van der Waals surface area contributed by atoms with Crippen molar-refractivity contribution in [2.75, 3.05) is 31.2 Å². The molecule has 0 radical (unpaired) electrons. The van der Waals surface area contributed by atoms with E-state index >= 15 is 0 Å². The zero-order valence-electron chi connectivity index (χ0n) is 15.3. The Morgan fingerprint density at radius 3 is 2.86 bits per heavy atom. The van der Waals surface area contributed by atoms with Gasteiger partial charge in [-0.25, -0.2) is 4.79 Å². The maximum absolute atomic E-state index is 13.4. The molecule has 10 heteroatoms. The van der Waals surface area contributed by atoms with Crippen molar-refractivity contribution in [2.24, 2.45) is 5.41 Å². The van der Waals surface area contributed by atoms with Gasteiger partial charge < -0.3 is 9.64 Å². The second-order valence-corrected chi connectivity index (χ2v) is 7.22. The van der Waals surface area contributed by atoms with Crippen molar-refractivity contribution in [3.8, 4) is 0 Å². The van der Waals surface area contributed by atoms with E-state index in [1.165, 1.54) is 12.1 Å². The number of morpholine rings is 1. The van der Waals surface area contributed by atoms with Crippen molar-refractivity contribution < 1.29 is 24.0 Å². The number of benzene rings is 1. The summed E-state index contributed by atoms with van der Waals surface area (Å²) < 4.78 is 5.58. The van der Waals surface area contributed by atoms with E-state index in [9.17, 15) is 24.5 Å². The second kappa shape index (κ2) is 6.55. The summed E-state index contributed by atoms with van der Waals surface area (Å²) in [6, 6.07) is 3.16. The molecule has 0 aromatic heterocycles. The fourth-order valence-corrected chi connectivity index (χ4v) is 4.41. The first-order chi connectivity index (χ1) is 13.4. The van der Waals surface area contributed by atoms with E-state index in [0.717, 1.165) is 10.6 Å². The first-order valence-electron chi connectivity index (χ1n) is 9.19. The third-order valence-electron chi connectivity index (χ3n) is 5.69. The van der Waals surface area contributed by atoms with Gasteiger partial charge in [0.15, 0.2) is 5.41 Å². The van der Waals surface area contributed by atoms with Crippen molar-refractivity contribution in [2.45, 2.75) is 25.8 Å². The third kappa shape index (κ3) is 2.48. The van der Waals surface area contributed by atoms with Gasteiger partial charge in [0.1, 0.15) is 0 Å². The maximum Gasteiger partial charge on any atom is 0.330 e. The molecular weight excluding hydrogens is 368 g/mol. The molecule has 4 rings (SSSR count). The average molecular weight is 388 g/mol. The highest BCUT2D eigenvalue weighted by molar-refractivity contribution is 6.20. The van der Waals surface area contributed by atoms with Crippen LogP contribution in [0.4, 0.5) is 16.2 Å². The number of non-ortho nitro benzene ring substituents is 1. The monoisotopic (exact) mass is 388 g/mol. The van der Waals surface area contributed by atoms with Gasteiger partial charge in [-0.05, 0) is 18.1 Å². The van der Waals surface area contributed by atoms with Crippen LogP contribution in [0.3, 0.4) is 0 Å². The Balaban J connectivity index is 1.87. The molecule has 10 nitrogen and oxygen atoms in total. The number of rotatable bonds is 3. The number of hydrogen-bond acceptors (Lipinski definition) is 7. The van der Waals surface area contributed by atoms with Crippen LogP contribution in [-0.2, 0) is 20.7 Å². The van der Waals surface area contributed by atoms with Gasteiger partial charge in [-0.2, -0.15) is 0 Å². The highest BCUT2D eigenvalue weighted by Crippen LogP contribution is 2.46. The van der Waals surface area contributed by atoms with Crippen LogP contribution in [0.1, 0.15) is 18.9 Å². The van der Waals surface area contributed by atoms with Crippen LogP contribution < -0.4 is 10.2 Å². The fraction of sp³-hybridized carbons (Fsp3) is 0.500. The summed E-state index contributed by atoms with van der Waals surface area (Å²) >= 11 is 0. The molecule has 3 heterocycles. The quantitative estimate of drug-likeness (QED) is 0.462. The van der Waals surface area contributed by atoms with E-state index < -0.39 is 34.2 Å². The summed E-state index contributed by atoms with van der Waals surface area (Å²) in [7, 11) is 0. The number of nitrogens with one attached hydrogen (secondary N) is 1. The molecule has 4 amide bonds. The number of nitro groups is 1. The second-order valence-electron chi connectivity index (χ2n) is 7.22. The normalized spacial score (nSPS) is 26.8. The highest BCUT2D eigenvalue weighted by Gasteiger charge is 2.62. The van der Waals surface area contributed by atoms with Gasteiger partial charge in [0, 0.05) is 37.3 Å². The molecule has 28 heavy (non-hydrogen) atoms. The standard InChI is InChI=1S/C18H20N4O6/c1-2-5-21-16(24)18(15(23)19-17(21)25)9-11-8-12(22(26)27)3-4-13(11)20-6-7-28-10-14(18)20/h3-4,8,14H,2,5-7,9-10H2,1H3,(H,19,23,25). The molecule has 0 aliphatic carbocycles. The molecule has 148 valence electrons. The third-order valence-corrected chi connectivity index (χ3v) is 5.69. The van der Waals surface area contributed by atoms with E-state index in [1.54, 1.807) is 6.07 Å². The molecule has 0 bridgehead atoms. The summed E-state index contributed by atoms with van der Waals surface area (Å²) in [4.78, 5) is 52.4. The zero-order chi connectivity index (χ0) is 20.1. The molecule has 2 unspecified atom stereocenters. The van der Waals surface area contributed by atoms with E-state index in [4.69, 9.17) is 4.74 Å². The highest BCUT2D eigenvalue weighted by atomic mass is 16.6. The van der Waals surface area contributed by atoms with Crippen LogP contribution in [0.5, 0.6) is 0 Å². The molecule has 3 aliphatic heterocycles. The molecule has 3 aliphatic rings. The van der Waals surface area contributed by atoms with Crippen LogP contribution >= 0.6 is 0 Å². The number of ether oxygens (including phenoxy) is 1. The summed E-state index contributed by atoms with van der Waals surface area (Å²) in [5, 5.41) is 13.5. The number of amides is 4. The summed E-state index contributed by atoms with van der Waals surface area (Å²) in [5.41, 5.74) is -0.373. The van der Waals surface area contributed by atoms with Crippen molar-refractivity contribution in [3.63, 3.8) is 0 Å². The summed E-state index contributed by atoms with van der Waals surface area (Å²) in [5.74, 6) is -1.24. The maximum atomic E-state index is 13.4. The van der Waals surface area contributed by atoms with Gasteiger partial charge in [-0.1, -0.05) is 6.92 Å². The molecular formula is C18H20N4O6. The average Bonchev–Trinajstić information content (AvgIpc) is 2.69. The Kier molecular flexibility index (Phi) is 4.30. The predicted molar refractivity (Wildman–Crippen MR) is 96.7 cm³/mol. The van der Waals surface area contributed by atoms with Gasteiger partial charge >= 0.3 is 6.03 Å². The molecule has 2 atom stereocenters. The number of hydrogen-bond donors (Lipinski definition) is 1. The Hall–Kier alpha value is -3.01. The van der Waals surface area contributed by atoms with Gasteiger partial charge in [0.25, 0.3) is 5.69 Å². The lowest BCUT2D eigenvalue weighted by Gasteiger charge is -2.53. The van der Waals surface area contributed by atoms with E-state index in [1.807, 2.05) is 11.8 Å². The number of anilines is 1. The molecule has 1 aromatic rings. The Morgan fingerprint density at radius 2 is 2.14 bits per heavy atom. The van der Waals surface area contributed by atoms with E-state index in [2.05, 4.69) is 5.32 Å². The number of imide groups is 2. The zero-order valence-corrected chi connectivity index (χ0v) is 15.3. The number of fused-ring (bicyclic) bond motifs is 4. The lowest BCUT2D eigenvalue weighted by molar-refractivity contribution is -0.384. The minimum absolute atomic E-state index is 0.0211. The van der Waals surface area contributed by atoms with E-state index in [-0.39, 0.29) is 25.3 Å². The molecule has 1 N–H and O–H groups in total. The minimum atomic E-state index is -1.56. The molecule has 1 aromatic carbocycles. The first kappa shape index (κ1) is 18.4. The number of carbonyl (C=O) groups excluding carboxylic acids is 3. The van der Waals surface area contributed by atoms with E-state index in [0.29, 0.717) is 25.1 Å². The van der Waals surface area contributed by atoms with Crippen LogP contribution in [0.2, 0.25) is 0 Å². The van der Waals surface area contributed by atoms with Gasteiger partial charge in [0.05, 0.1) is 24.2 Å². The van der Waals surface area contributed by atoms with Crippen molar-refractivity contribution in [3.05, 3.63) is 33.9 Å². The van der Waals surface area contributed by atoms with Crippen molar-refractivity contribution in [1.82, 2.24) is 10.2 Å². The van der Waals surface area contributed by atoms with Crippen LogP contribution in [0, 0.1) is 15.5 Å². The van der Waals surface area contributed by atoms with Crippen molar-refractivity contribution in [1.29, 1.82) is 0 Å². The topological polar surface area (TPSA) is 122 Å². The smallest absolute Gasteiger partial charge is 0.330 e. The Bertz CT molecular complexity index is 887. The minimum Gasteiger partial charge on any atom is -0.377 e. The van der Waals surface area contributed by atoms with Gasteiger partial charge in [-0.15, -0.1) is 0 Å². The molecule has 2 saturated heterocycles.